The van der Waals surface area contributed by atoms with Crippen molar-refractivity contribution in [3.05, 3.63) is 42.1 Å². The van der Waals surface area contributed by atoms with Crippen LogP contribution in [0.5, 0.6) is 0 Å². The number of alkyl carbamates (subject to hydrolysis) is 1. The highest BCUT2D eigenvalue weighted by atomic mass is 16.6. The van der Waals surface area contributed by atoms with Gasteiger partial charge in [-0.2, -0.15) is 0 Å². The smallest absolute Gasteiger partial charge is 0.406 e. The number of ether oxygens (including phenoxy) is 1. The molecule has 1 amide bonds. The number of hydrogen-bond acceptors (Lipinski definition) is 4. The van der Waals surface area contributed by atoms with E-state index < -0.39 is 12.4 Å². The van der Waals surface area contributed by atoms with Crippen LogP contribution in [0.4, 0.5) is 4.79 Å². The number of nitrogens with one attached hydrogen (secondary N) is 2. The highest BCUT2D eigenvalue weighted by Gasteiger charge is 2.27. The summed E-state index contributed by atoms with van der Waals surface area (Å²) < 4.78 is 5.36. The number of carbonyl (C=O) groups excluding carboxylic acids is 1. The number of hydrogen-bond donors (Lipinski definition) is 2. The molecule has 5 nitrogen and oxygen atoms in total. The Balaban J connectivity index is 1.97. The maximum atomic E-state index is 11.8. The molecule has 1 aromatic carbocycles. The number of nitrogens with zero attached hydrogens (tertiary/aromatic N) is 1. The fourth-order valence-electron chi connectivity index (χ4n) is 1.94. The molecule has 0 saturated carbocycles. The third-order valence-electron chi connectivity index (χ3n) is 2.86. The van der Waals surface area contributed by atoms with Crippen molar-refractivity contribution in [1.29, 1.82) is 0 Å². The lowest BCUT2D eigenvalue weighted by Crippen LogP contribution is -2.46. The molecule has 20 heavy (non-hydrogen) atoms. The van der Waals surface area contributed by atoms with Crippen molar-refractivity contribution in [3.63, 3.8) is 0 Å². The van der Waals surface area contributed by atoms with Crippen molar-refractivity contribution in [2.45, 2.75) is 32.7 Å². The lowest BCUT2D eigenvalue weighted by atomic mass is 10.1. The summed E-state index contributed by atoms with van der Waals surface area (Å²) in [5, 5.41) is 5.82. The maximum Gasteiger partial charge on any atom is 0.410 e. The summed E-state index contributed by atoms with van der Waals surface area (Å²) in [5.74, 6) is 0. The first-order valence-corrected chi connectivity index (χ1v) is 6.60. The standard InChI is InChI=1S/C15H21N3O2/c1-15(2,3)17-14(19)20-13-16-10-12(18(13)4)11-8-6-5-7-9-11/h5-10,13,16H,1-4H3,(H,17,19). The first-order valence-electron chi connectivity index (χ1n) is 6.60. The second-order valence-corrected chi connectivity index (χ2v) is 5.81. The fourth-order valence-corrected chi connectivity index (χ4v) is 1.94. The van der Waals surface area contributed by atoms with Crippen molar-refractivity contribution < 1.29 is 9.53 Å². The summed E-state index contributed by atoms with van der Waals surface area (Å²) in [6.07, 6.45) is 0.918. The van der Waals surface area contributed by atoms with Crippen LogP contribution in [0, 0.1) is 0 Å². The van der Waals surface area contributed by atoms with Gasteiger partial charge in [-0.05, 0) is 26.3 Å². The molecule has 0 aliphatic carbocycles. The second-order valence-electron chi connectivity index (χ2n) is 5.81. The van der Waals surface area contributed by atoms with E-state index in [1.54, 1.807) is 0 Å². The predicted octanol–water partition coefficient (Wildman–Crippen LogP) is 2.33. The third-order valence-corrected chi connectivity index (χ3v) is 2.86. The Kier molecular flexibility index (Phi) is 3.88. The van der Waals surface area contributed by atoms with Crippen LogP contribution in [-0.2, 0) is 4.74 Å². The molecule has 1 unspecified atom stereocenters. The minimum atomic E-state index is -0.493. The van der Waals surface area contributed by atoms with E-state index in [0.717, 1.165) is 11.3 Å². The Labute approximate surface area is 119 Å². The van der Waals surface area contributed by atoms with Gasteiger partial charge in [-0.3, -0.25) is 0 Å². The highest BCUT2D eigenvalue weighted by Crippen LogP contribution is 2.23. The van der Waals surface area contributed by atoms with E-state index >= 15 is 0 Å². The Hall–Kier alpha value is -2.17. The van der Waals surface area contributed by atoms with Gasteiger partial charge in [0.05, 0.1) is 5.70 Å². The lowest BCUT2D eigenvalue weighted by Gasteiger charge is -2.27. The van der Waals surface area contributed by atoms with Gasteiger partial charge in [0, 0.05) is 18.8 Å². The Morgan fingerprint density at radius 1 is 1.30 bits per heavy atom. The van der Waals surface area contributed by atoms with Gasteiger partial charge in [-0.25, -0.2) is 4.79 Å². The summed E-state index contributed by atoms with van der Waals surface area (Å²) >= 11 is 0. The van der Waals surface area contributed by atoms with Crippen molar-refractivity contribution in [2.24, 2.45) is 0 Å². The van der Waals surface area contributed by atoms with Crippen molar-refractivity contribution in [2.75, 3.05) is 7.05 Å². The van der Waals surface area contributed by atoms with E-state index in [0.29, 0.717) is 0 Å². The topological polar surface area (TPSA) is 53.6 Å². The summed E-state index contributed by atoms with van der Waals surface area (Å²) in [4.78, 5) is 13.7. The number of benzene rings is 1. The van der Waals surface area contributed by atoms with Crippen LogP contribution in [0.1, 0.15) is 26.3 Å². The maximum absolute atomic E-state index is 11.8. The number of rotatable bonds is 2. The zero-order valence-corrected chi connectivity index (χ0v) is 12.3. The SMILES string of the molecule is CN1C(c2ccccc2)=CNC1OC(=O)NC(C)(C)C. The van der Waals surface area contributed by atoms with Gasteiger partial charge in [0.25, 0.3) is 6.35 Å². The summed E-state index contributed by atoms with van der Waals surface area (Å²) in [7, 11) is 1.88. The summed E-state index contributed by atoms with van der Waals surface area (Å²) in [5.41, 5.74) is 1.74. The van der Waals surface area contributed by atoms with Crippen LogP contribution >= 0.6 is 0 Å². The zero-order valence-electron chi connectivity index (χ0n) is 12.3. The molecule has 108 valence electrons. The fraction of sp³-hybridized carbons (Fsp3) is 0.400. The largest absolute Gasteiger partial charge is 0.410 e. The van der Waals surface area contributed by atoms with Crippen LogP contribution < -0.4 is 10.6 Å². The molecule has 0 spiro atoms. The van der Waals surface area contributed by atoms with Crippen LogP contribution in [-0.4, -0.2) is 29.9 Å². The van der Waals surface area contributed by atoms with Crippen molar-refractivity contribution in [3.8, 4) is 0 Å². The quantitative estimate of drug-likeness (QED) is 0.870. The van der Waals surface area contributed by atoms with E-state index in [1.807, 2.05) is 69.3 Å². The zero-order chi connectivity index (χ0) is 14.8. The molecule has 1 heterocycles. The predicted molar refractivity (Wildman–Crippen MR) is 78.5 cm³/mol. The van der Waals surface area contributed by atoms with E-state index in [4.69, 9.17) is 4.74 Å². The van der Waals surface area contributed by atoms with E-state index in [1.165, 1.54) is 0 Å². The van der Waals surface area contributed by atoms with Crippen molar-refractivity contribution >= 4 is 11.8 Å². The van der Waals surface area contributed by atoms with E-state index in [2.05, 4.69) is 10.6 Å². The molecule has 2 N–H and O–H groups in total. The number of amides is 1. The third kappa shape index (κ3) is 3.44. The molecular weight excluding hydrogens is 254 g/mol. The molecule has 1 aliphatic heterocycles. The van der Waals surface area contributed by atoms with Crippen LogP contribution in [0.25, 0.3) is 5.70 Å². The molecule has 0 radical (unpaired) electrons. The van der Waals surface area contributed by atoms with Gasteiger partial charge < -0.3 is 20.3 Å². The van der Waals surface area contributed by atoms with Crippen molar-refractivity contribution in [1.82, 2.24) is 15.5 Å². The molecule has 2 rings (SSSR count). The van der Waals surface area contributed by atoms with E-state index in [-0.39, 0.29) is 5.54 Å². The Morgan fingerprint density at radius 2 is 1.95 bits per heavy atom. The number of carbonyl (C=O) groups is 1. The molecule has 5 heteroatoms. The first kappa shape index (κ1) is 14.2. The van der Waals surface area contributed by atoms with Gasteiger partial charge in [-0.15, -0.1) is 0 Å². The normalized spacial score (nSPS) is 18.3. The lowest BCUT2D eigenvalue weighted by molar-refractivity contribution is 0.0222. The molecule has 0 bridgehead atoms. The van der Waals surface area contributed by atoms with Gasteiger partial charge in [-0.1, -0.05) is 30.3 Å². The Bertz CT molecular complexity index is 506. The minimum Gasteiger partial charge on any atom is -0.406 e. The summed E-state index contributed by atoms with van der Waals surface area (Å²) in [6.45, 7) is 5.73. The molecule has 0 saturated heterocycles. The van der Waals surface area contributed by atoms with Gasteiger partial charge in [0.15, 0.2) is 0 Å². The molecule has 1 aliphatic rings. The molecule has 0 aromatic heterocycles. The summed E-state index contributed by atoms with van der Waals surface area (Å²) in [6, 6.07) is 9.95. The first-order chi connectivity index (χ1) is 9.37. The molecular formula is C15H21N3O2. The van der Waals surface area contributed by atoms with Crippen LogP contribution in [0.2, 0.25) is 0 Å². The molecule has 1 atom stereocenters. The van der Waals surface area contributed by atoms with Gasteiger partial charge in [0.1, 0.15) is 0 Å². The second kappa shape index (κ2) is 5.45. The van der Waals surface area contributed by atoms with Gasteiger partial charge in [0.2, 0.25) is 0 Å². The Morgan fingerprint density at radius 3 is 2.55 bits per heavy atom. The minimum absolute atomic E-state index is 0.316. The molecule has 0 fully saturated rings. The highest BCUT2D eigenvalue weighted by molar-refractivity contribution is 5.70. The average Bonchev–Trinajstić information content (AvgIpc) is 2.70. The van der Waals surface area contributed by atoms with E-state index in [9.17, 15) is 4.79 Å². The van der Waals surface area contributed by atoms with Crippen LogP contribution in [0.3, 0.4) is 0 Å². The monoisotopic (exact) mass is 275 g/mol. The van der Waals surface area contributed by atoms with Crippen LogP contribution in [0.15, 0.2) is 36.5 Å². The molecule has 1 aromatic rings. The average molecular weight is 275 g/mol. The van der Waals surface area contributed by atoms with Gasteiger partial charge >= 0.3 is 6.09 Å².